The Hall–Kier alpha value is -1.94. The van der Waals surface area contributed by atoms with E-state index < -0.39 is 0 Å². The number of anilines is 2. The van der Waals surface area contributed by atoms with Gasteiger partial charge in [0.15, 0.2) is 0 Å². The highest BCUT2D eigenvalue weighted by molar-refractivity contribution is 5.60. The Bertz CT molecular complexity index is 569. The largest absolute Gasteiger partial charge is 0.327 e. The van der Waals surface area contributed by atoms with Gasteiger partial charge in [-0.05, 0) is 29.8 Å². The number of pyridine rings is 1. The molecule has 2 rings (SSSR count). The number of hydrogen-bond donors (Lipinski definition) is 1. The monoisotopic (exact) mass is 273 g/mol. The van der Waals surface area contributed by atoms with Crippen molar-refractivity contribution in [3.05, 3.63) is 54.0 Å². The minimum Gasteiger partial charge on any atom is -0.327 e. The van der Waals surface area contributed by atoms with Crippen LogP contribution < -0.4 is 10.2 Å². The molecule has 0 saturated carbocycles. The van der Waals surface area contributed by atoms with Crippen molar-refractivity contribution in [2.24, 2.45) is 0 Å². The van der Waals surface area contributed by atoms with Gasteiger partial charge in [-0.25, -0.2) is 9.37 Å². The van der Waals surface area contributed by atoms with Gasteiger partial charge in [0.05, 0.1) is 5.69 Å². The number of rotatable bonds is 5. The predicted molar refractivity (Wildman–Crippen MR) is 80.7 cm³/mol. The van der Waals surface area contributed by atoms with Crippen LogP contribution in [-0.4, -0.2) is 18.1 Å². The first-order chi connectivity index (χ1) is 9.58. The lowest BCUT2D eigenvalue weighted by molar-refractivity contribution is 0.588. The van der Waals surface area contributed by atoms with Crippen LogP contribution in [0.3, 0.4) is 0 Å². The quantitative estimate of drug-likeness (QED) is 0.904. The van der Waals surface area contributed by atoms with Crippen LogP contribution in [-0.2, 0) is 6.54 Å². The van der Waals surface area contributed by atoms with Crippen LogP contribution in [0.2, 0.25) is 0 Å². The summed E-state index contributed by atoms with van der Waals surface area (Å²) in [5.41, 5.74) is 1.65. The molecular formula is C16H20FN3. The Kier molecular flexibility index (Phi) is 4.69. The fourth-order valence-corrected chi connectivity index (χ4v) is 1.92. The summed E-state index contributed by atoms with van der Waals surface area (Å²) in [5, 5.41) is 3.36. The average Bonchev–Trinajstić information content (AvgIpc) is 2.45. The molecule has 1 aromatic carbocycles. The van der Waals surface area contributed by atoms with E-state index in [9.17, 15) is 4.39 Å². The Labute approximate surface area is 119 Å². The molecule has 0 amide bonds. The third kappa shape index (κ3) is 3.54. The lowest BCUT2D eigenvalue weighted by Gasteiger charge is -2.19. The summed E-state index contributed by atoms with van der Waals surface area (Å²) < 4.78 is 13.8. The molecule has 0 bridgehead atoms. The molecule has 0 aliphatic carbocycles. The van der Waals surface area contributed by atoms with Crippen molar-refractivity contribution in [2.75, 3.05) is 11.9 Å². The average molecular weight is 273 g/mol. The lowest BCUT2D eigenvalue weighted by Crippen LogP contribution is -2.22. The standard InChI is InChI=1S/C16H20FN3/c1-12(2)19-11-13-8-9-18-16(10-13)20(3)15-7-5-4-6-14(15)17/h4-10,12,19H,11H2,1-3H3. The smallest absolute Gasteiger partial charge is 0.146 e. The third-order valence-electron chi connectivity index (χ3n) is 3.08. The SMILES string of the molecule is CC(C)NCc1ccnc(N(C)c2ccccc2F)c1. The molecule has 1 aromatic heterocycles. The fraction of sp³-hybridized carbons (Fsp3) is 0.312. The number of benzene rings is 1. The van der Waals surface area contributed by atoms with E-state index in [1.54, 1.807) is 23.2 Å². The van der Waals surface area contributed by atoms with Crippen LogP contribution in [0.5, 0.6) is 0 Å². The molecule has 4 heteroatoms. The minimum absolute atomic E-state index is 0.248. The number of hydrogen-bond acceptors (Lipinski definition) is 3. The van der Waals surface area contributed by atoms with Gasteiger partial charge in [0, 0.05) is 25.8 Å². The van der Waals surface area contributed by atoms with Crippen LogP contribution in [0.15, 0.2) is 42.6 Å². The van der Waals surface area contributed by atoms with E-state index in [-0.39, 0.29) is 5.82 Å². The van der Waals surface area contributed by atoms with Gasteiger partial charge in [-0.15, -0.1) is 0 Å². The second-order valence-electron chi connectivity index (χ2n) is 5.07. The maximum atomic E-state index is 13.8. The summed E-state index contributed by atoms with van der Waals surface area (Å²) in [6, 6.07) is 11.1. The van der Waals surface area contributed by atoms with E-state index in [0.717, 1.165) is 17.9 Å². The van der Waals surface area contributed by atoms with Crippen LogP contribution in [0.1, 0.15) is 19.4 Å². The zero-order chi connectivity index (χ0) is 14.5. The highest BCUT2D eigenvalue weighted by Gasteiger charge is 2.10. The zero-order valence-corrected chi connectivity index (χ0v) is 12.1. The Morgan fingerprint density at radius 3 is 2.70 bits per heavy atom. The molecule has 0 radical (unpaired) electrons. The summed E-state index contributed by atoms with van der Waals surface area (Å²) in [6.45, 7) is 4.99. The summed E-state index contributed by atoms with van der Waals surface area (Å²) in [6.07, 6.45) is 1.75. The second-order valence-corrected chi connectivity index (χ2v) is 5.07. The second kappa shape index (κ2) is 6.48. The Balaban J connectivity index is 2.20. The van der Waals surface area contributed by atoms with E-state index in [0.29, 0.717) is 11.7 Å². The van der Waals surface area contributed by atoms with Crippen molar-refractivity contribution in [2.45, 2.75) is 26.4 Å². The minimum atomic E-state index is -0.248. The maximum absolute atomic E-state index is 13.8. The predicted octanol–water partition coefficient (Wildman–Crippen LogP) is 3.49. The van der Waals surface area contributed by atoms with E-state index >= 15 is 0 Å². The van der Waals surface area contributed by atoms with Crippen LogP contribution in [0.25, 0.3) is 0 Å². The van der Waals surface area contributed by atoms with Crippen LogP contribution in [0.4, 0.5) is 15.9 Å². The van der Waals surface area contributed by atoms with Gasteiger partial charge in [0.2, 0.25) is 0 Å². The molecule has 106 valence electrons. The van der Waals surface area contributed by atoms with E-state index in [2.05, 4.69) is 24.1 Å². The molecule has 0 fully saturated rings. The molecule has 1 N–H and O–H groups in total. The Morgan fingerprint density at radius 2 is 2.00 bits per heavy atom. The zero-order valence-electron chi connectivity index (χ0n) is 12.1. The first kappa shape index (κ1) is 14.5. The normalized spacial score (nSPS) is 10.8. The van der Waals surface area contributed by atoms with Gasteiger partial charge in [-0.2, -0.15) is 0 Å². The van der Waals surface area contributed by atoms with Crippen LogP contribution >= 0.6 is 0 Å². The fourth-order valence-electron chi connectivity index (χ4n) is 1.92. The van der Waals surface area contributed by atoms with Gasteiger partial charge in [-0.3, -0.25) is 0 Å². The molecule has 0 atom stereocenters. The van der Waals surface area contributed by atoms with Crippen molar-refractivity contribution in [3.63, 3.8) is 0 Å². The molecule has 2 aromatic rings. The molecule has 3 nitrogen and oxygen atoms in total. The third-order valence-corrected chi connectivity index (χ3v) is 3.08. The van der Waals surface area contributed by atoms with Gasteiger partial charge in [-0.1, -0.05) is 26.0 Å². The van der Waals surface area contributed by atoms with E-state index in [1.807, 2.05) is 25.2 Å². The van der Waals surface area contributed by atoms with Gasteiger partial charge in [0.1, 0.15) is 11.6 Å². The number of aromatic nitrogens is 1. The van der Waals surface area contributed by atoms with E-state index in [1.165, 1.54) is 6.07 Å². The summed E-state index contributed by atoms with van der Waals surface area (Å²) in [5.74, 6) is 0.487. The highest BCUT2D eigenvalue weighted by Crippen LogP contribution is 2.24. The molecule has 0 aliphatic heterocycles. The van der Waals surface area contributed by atoms with Gasteiger partial charge < -0.3 is 10.2 Å². The molecule has 0 saturated heterocycles. The number of nitrogens with zero attached hydrogens (tertiary/aromatic N) is 2. The molecule has 1 heterocycles. The molecular weight excluding hydrogens is 253 g/mol. The van der Waals surface area contributed by atoms with Crippen molar-refractivity contribution >= 4 is 11.5 Å². The first-order valence-electron chi connectivity index (χ1n) is 6.74. The van der Waals surface area contributed by atoms with Crippen LogP contribution in [0, 0.1) is 5.82 Å². The van der Waals surface area contributed by atoms with E-state index in [4.69, 9.17) is 0 Å². The topological polar surface area (TPSA) is 28.2 Å². The van der Waals surface area contributed by atoms with Gasteiger partial charge >= 0.3 is 0 Å². The molecule has 0 unspecified atom stereocenters. The van der Waals surface area contributed by atoms with Gasteiger partial charge in [0.25, 0.3) is 0 Å². The molecule has 0 spiro atoms. The maximum Gasteiger partial charge on any atom is 0.146 e. The number of para-hydroxylation sites is 1. The Morgan fingerprint density at radius 1 is 1.25 bits per heavy atom. The summed E-state index contributed by atoms with van der Waals surface area (Å²) in [7, 11) is 1.82. The van der Waals surface area contributed by atoms with Crippen molar-refractivity contribution in [3.8, 4) is 0 Å². The van der Waals surface area contributed by atoms with Crippen molar-refractivity contribution in [1.29, 1.82) is 0 Å². The van der Waals surface area contributed by atoms with Crippen molar-refractivity contribution < 1.29 is 4.39 Å². The highest BCUT2D eigenvalue weighted by atomic mass is 19.1. The number of halogens is 1. The first-order valence-corrected chi connectivity index (χ1v) is 6.74. The molecule has 0 aliphatic rings. The number of nitrogens with one attached hydrogen (secondary N) is 1. The summed E-state index contributed by atoms with van der Waals surface area (Å²) >= 11 is 0. The summed E-state index contributed by atoms with van der Waals surface area (Å²) in [4.78, 5) is 6.07. The molecule has 20 heavy (non-hydrogen) atoms. The lowest BCUT2D eigenvalue weighted by atomic mass is 10.2. The van der Waals surface area contributed by atoms with Crippen molar-refractivity contribution in [1.82, 2.24) is 10.3 Å².